The molecule has 1 nitrogen and oxygen atoms in total. The van der Waals surface area contributed by atoms with Crippen molar-refractivity contribution in [2.24, 2.45) is 0 Å². The predicted molar refractivity (Wildman–Crippen MR) is 153 cm³/mol. The Labute approximate surface area is 211 Å². The summed E-state index contributed by atoms with van der Waals surface area (Å²) in [4.78, 5) is 0. The molecule has 0 aliphatic heterocycles. The summed E-state index contributed by atoms with van der Waals surface area (Å²) >= 11 is 0. The van der Waals surface area contributed by atoms with Crippen LogP contribution in [0.1, 0.15) is 188 Å². The van der Waals surface area contributed by atoms with E-state index in [0.29, 0.717) is 6.61 Å². The first-order valence-electron chi connectivity index (χ1n) is 15.6. The van der Waals surface area contributed by atoms with E-state index in [2.05, 4.69) is 32.9 Å². The van der Waals surface area contributed by atoms with Crippen LogP contribution in [0.4, 0.5) is 0 Å². The molecule has 0 saturated carbocycles. The highest BCUT2D eigenvalue weighted by Crippen LogP contribution is 2.12. The maximum absolute atomic E-state index is 8.61. The molecule has 0 saturated heterocycles. The van der Waals surface area contributed by atoms with Crippen LogP contribution >= 0.6 is 0 Å². The van der Waals surface area contributed by atoms with Crippen molar-refractivity contribution in [1.29, 1.82) is 0 Å². The van der Waals surface area contributed by atoms with Gasteiger partial charge in [-0.15, -0.1) is 0 Å². The van der Waals surface area contributed by atoms with Gasteiger partial charge < -0.3 is 5.11 Å². The number of aliphatic hydroxyl groups is 1. The lowest BCUT2D eigenvalue weighted by Gasteiger charge is -2.01. The summed E-state index contributed by atoms with van der Waals surface area (Å²) in [5.41, 5.74) is 0. The normalized spacial score (nSPS) is 11.2. The van der Waals surface area contributed by atoms with Crippen LogP contribution in [-0.4, -0.2) is 11.7 Å². The molecule has 0 aromatic rings. The van der Waals surface area contributed by atoms with Crippen molar-refractivity contribution in [3.8, 4) is 0 Å². The van der Waals surface area contributed by atoms with E-state index < -0.39 is 0 Å². The lowest BCUT2D eigenvalue weighted by molar-refractivity contribution is 0.282. The summed E-state index contributed by atoms with van der Waals surface area (Å²) in [5.74, 6) is 0. The standard InChI is InChI=1S/C18H36.C14H30O/c1-3-5-7-9-11-13-15-17-18-16-14-12-10-8-6-4-2;1-2-3-4-5-6-7-8-9-10-11-12-13-14-15/h17-18H,3-16H2,1-2H3;15H,2-14H2,1H3/b18-17-;. The Morgan fingerprint density at radius 1 is 0.333 bits per heavy atom. The molecule has 0 unspecified atom stereocenters. The van der Waals surface area contributed by atoms with Gasteiger partial charge in [0.05, 0.1) is 0 Å². The van der Waals surface area contributed by atoms with Crippen molar-refractivity contribution in [2.45, 2.75) is 188 Å². The van der Waals surface area contributed by atoms with Crippen LogP contribution in [0, 0.1) is 0 Å². The van der Waals surface area contributed by atoms with Crippen molar-refractivity contribution in [2.75, 3.05) is 6.61 Å². The van der Waals surface area contributed by atoms with Crippen molar-refractivity contribution in [3.05, 3.63) is 12.2 Å². The number of allylic oxidation sites excluding steroid dienone is 2. The van der Waals surface area contributed by atoms with E-state index in [0.717, 1.165) is 6.42 Å². The molecule has 1 N–H and O–H groups in total. The van der Waals surface area contributed by atoms with Crippen LogP contribution in [0.5, 0.6) is 0 Å². The van der Waals surface area contributed by atoms with E-state index in [4.69, 9.17) is 5.11 Å². The van der Waals surface area contributed by atoms with Gasteiger partial charge in [0.2, 0.25) is 0 Å². The monoisotopic (exact) mass is 467 g/mol. The highest BCUT2D eigenvalue weighted by atomic mass is 16.2. The van der Waals surface area contributed by atoms with E-state index in [9.17, 15) is 0 Å². The van der Waals surface area contributed by atoms with Gasteiger partial charge in [0, 0.05) is 6.61 Å². The summed E-state index contributed by atoms with van der Waals surface area (Å²) in [5, 5.41) is 8.61. The number of rotatable bonds is 26. The van der Waals surface area contributed by atoms with Gasteiger partial charge in [-0.1, -0.05) is 168 Å². The van der Waals surface area contributed by atoms with Gasteiger partial charge in [-0.2, -0.15) is 0 Å². The molecule has 33 heavy (non-hydrogen) atoms. The first kappa shape index (κ1) is 34.9. The molecule has 1 heteroatoms. The van der Waals surface area contributed by atoms with Crippen molar-refractivity contribution in [1.82, 2.24) is 0 Å². The lowest BCUT2D eigenvalue weighted by atomic mass is 10.1. The maximum Gasteiger partial charge on any atom is 0.0431 e. The van der Waals surface area contributed by atoms with E-state index >= 15 is 0 Å². The smallest absolute Gasteiger partial charge is 0.0431 e. The second-order valence-corrected chi connectivity index (χ2v) is 10.2. The van der Waals surface area contributed by atoms with Gasteiger partial charge in [0.15, 0.2) is 0 Å². The molecule has 0 heterocycles. The van der Waals surface area contributed by atoms with Crippen LogP contribution in [0.3, 0.4) is 0 Å². The predicted octanol–water partition coefficient (Wildman–Crippen LogP) is 11.7. The molecule has 0 rings (SSSR count). The molecule has 0 atom stereocenters. The Morgan fingerprint density at radius 3 is 0.848 bits per heavy atom. The van der Waals surface area contributed by atoms with Crippen LogP contribution < -0.4 is 0 Å². The van der Waals surface area contributed by atoms with Crippen molar-refractivity contribution < 1.29 is 5.11 Å². The zero-order chi connectivity index (χ0) is 24.5. The third-order valence-electron chi connectivity index (χ3n) is 6.63. The summed E-state index contributed by atoms with van der Waals surface area (Å²) in [6, 6.07) is 0. The van der Waals surface area contributed by atoms with Crippen LogP contribution in [0.25, 0.3) is 0 Å². The van der Waals surface area contributed by atoms with Gasteiger partial charge in [-0.05, 0) is 32.1 Å². The fraction of sp³-hybridized carbons (Fsp3) is 0.938. The van der Waals surface area contributed by atoms with Gasteiger partial charge in [0.25, 0.3) is 0 Å². The minimum absolute atomic E-state index is 0.372. The Balaban J connectivity index is 0. The summed E-state index contributed by atoms with van der Waals surface area (Å²) in [6.07, 6.45) is 40.7. The fourth-order valence-electron chi connectivity index (χ4n) is 4.27. The zero-order valence-electron chi connectivity index (χ0n) is 23.7. The van der Waals surface area contributed by atoms with Crippen LogP contribution in [0.2, 0.25) is 0 Å². The summed E-state index contributed by atoms with van der Waals surface area (Å²) in [7, 11) is 0. The summed E-state index contributed by atoms with van der Waals surface area (Å²) < 4.78 is 0. The molecule has 0 spiro atoms. The Morgan fingerprint density at radius 2 is 0.576 bits per heavy atom. The first-order chi connectivity index (χ1) is 16.3. The SMILES string of the molecule is CCCCCCCC/C=C\CCCCCCCC.CCCCCCCCCCCCCCO. The molecule has 200 valence electrons. The van der Waals surface area contributed by atoms with Gasteiger partial charge >= 0.3 is 0 Å². The lowest BCUT2D eigenvalue weighted by Crippen LogP contribution is -1.84. The highest BCUT2D eigenvalue weighted by molar-refractivity contribution is 4.81. The zero-order valence-corrected chi connectivity index (χ0v) is 23.7. The molecule has 0 radical (unpaired) electrons. The Hall–Kier alpha value is -0.300. The average Bonchev–Trinajstić information content (AvgIpc) is 2.83. The second-order valence-electron chi connectivity index (χ2n) is 10.2. The number of aliphatic hydroxyl groups excluding tert-OH is 1. The Bertz CT molecular complexity index is 292. The van der Waals surface area contributed by atoms with Gasteiger partial charge in [-0.3, -0.25) is 0 Å². The van der Waals surface area contributed by atoms with Crippen LogP contribution in [0.15, 0.2) is 12.2 Å². The molecule has 0 bridgehead atoms. The molecule has 0 fully saturated rings. The van der Waals surface area contributed by atoms with E-state index in [1.807, 2.05) is 0 Å². The largest absolute Gasteiger partial charge is 0.396 e. The minimum atomic E-state index is 0.372. The average molecular weight is 467 g/mol. The summed E-state index contributed by atoms with van der Waals surface area (Å²) in [6.45, 7) is 7.21. The first-order valence-corrected chi connectivity index (χ1v) is 15.6. The fourth-order valence-corrected chi connectivity index (χ4v) is 4.27. The number of hydrogen-bond donors (Lipinski definition) is 1. The third-order valence-corrected chi connectivity index (χ3v) is 6.63. The van der Waals surface area contributed by atoms with E-state index in [-0.39, 0.29) is 0 Å². The molecular formula is C32H66O. The van der Waals surface area contributed by atoms with Gasteiger partial charge in [0.1, 0.15) is 0 Å². The van der Waals surface area contributed by atoms with E-state index in [1.165, 1.54) is 161 Å². The van der Waals surface area contributed by atoms with E-state index in [1.54, 1.807) is 0 Å². The topological polar surface area (TPSA) is 20.2 Å². The highest BCUT2D eigenvalue weighted by Gasteiger charge is 1.93. The molecule has 0 aromatic carbocycles. The molecule has 0 aliphatic carbocycles. The van der Waals surface area contributed by atoms with Crippen molar-refractivity contribution >= 4 is 0 Å². The third kappa shape index (κ3) is 39.2. The molecular weight excluding hydrogens is 400 g/mol. The Kier molecular flexibility index (Phi) is 38.3. The minimum Gasteiger partial charge on any atom is -0.396 e. The van der Waals surface area contributed by atoms with Crippen molar-refractivity contribution in [3.63, 3.8) is 0 Å². The molecule has 0 amide bonds. The quantitative estimate of drug-likeness (QED) is 0.0992. The molecule has 0 aromatic heterocycles. The van der Waals surface area contributed by atoms with Crippen LogP contribution in [-0.2, 0) is 0 Å². The number of unbranched alkanes of at least 4 members (excludes halogenated alkanes) is 23. The van der Waals surface area contributed by atoms with Gasteiger partial charge in [-0.25, -0.2) is 0 Å². The number of hydrogen-bond acceptors (Lipinski definition) is 1. The maximum atomic E-state index is 8.61. The molecule has 0 aliphatic rings. The second kappa shape index (κ2) is 36.3.